The van der Waals surface area contributed by atoms with Crippen molar-refractivity contribution in [3.8, 4) is 69.0 Å². The number of benzene rings is 8. The Kier molecular flexibility index (Phi) is 11.7. The summed E-state index contributed by atoms with van der Waals surface area (Å²) in [4.78, 5) is 0. The minimum atomic E-state index is 0.428. The summed E-state index contributed by atoms with van der Waals surface area (Å²) in [6.45, 7) is 0.856. The van der Waals surface area contributed by atoms with E-state index in [1.807, 2.05) is 72.8 Å². The molecule has 0 unspecified atom stereocenters. The Morgan fingerprint density at radius 1 is 0.210 bits per heavy atom. The van der Waals surface area contributed by atoms with Gasteiger partial charge in [-0.1, -0.05) is 0 Å². The van der Waals surface area contributed by atoms with Crippen LogP contribution >= 0.6 is 0 Å². The van der Waals surface area contributed by atoms with E-state index in [4.69, 9.17) is 56.8 Å². The molecule has 322 valence electrons. The van der Waals surface area contributed by atoms with Gasteiger partial charge >= 0.3 is 0 Å². The van der Waals surface area contributed by atoms with E-state index in [2.05, 4.69) is 0 Å². The fourth-order valence-corrected chi connectivity index (χ4v) is 8.42. The number of hydrogen-bond acceptors (Lipinski definition) is 12. The van der Waals surface area contributed by atoms with E-state index in [0.717, 1.165) is 64.6 Å². The van der Waals surface area contributed by atoms with Crippen molar-refractivity contribution in [2.75, 3.05) is 84.3 Å². The van der Waals surface area contributed by atoms with Crippen molar-refractivity contribution in [2.45, 2.75) is 12.8 Å². The number of hydrogen-bond donors (Lipinski definition) is 0. The van der Waals surface area contributed by atoms with Crippen LogP contribution in [0, 0.1) is 0 Å². The number of fused-ring (bicyclic) bond motifs is 12. The van der Waals surface area contributed by atoms with E-state index in [0.29, 0.717) is 95.0 Å². The summed E-state index contributed by atoms with van der Waals surface area (Å²) in [7, 11) is 16.3. The largest absolute Gasteiger partial charge is 0.493 e. The molecule has 0 heterocycles. The molecule has 0 aliphatic rings. The molecule has 0 bridgehead atoms. The predicted octanol–water partition coefficient (Wildman–Crippen LogP) is 10.9. The number of methoxy groups -OCH3 is 10. The summed E-state index contributed by atoms with van der Waals surface area (Å²) in [5.74, 6) is 7.40. The van der Waals surface area contributed by atoms with Gasteiger partial charge in [-0.15, -0.1) is 0 Å². The first-order valence-corrected chi connectivity index (χ1v) is 20.0. The topological polar surface area (TPSA) is 111 Å². The van der Waals surface area contributed by atoms with Gasteiger partial charge in [0.15, 0.2) is 69.0 Å². The fraction of sp³-hybridized carbons (Fsp3) is 0.280. The average molecular weight is 843 g/mol. The van der Waals surface area contributed by atoms with Gasteiger partial charge in [-0.2, -0.15) is 0 Å². The van der Waals surface area contributed by atoms with E-state index >= 15 is 0 Å². The summed E-state index contributed by atoms with van der Waals surface area (Å²) < 4.78 is 70.5. The number of ether oxygens (including phenoxy) is 12. The van der Waals surface area contributed by atoms with E-state index in [1.165, 1.54) is 0 Å². The number of unbranched alkanes of at least 4 members (excludes halogenated alkanes) is 1. The highest BCUT2D eigenvalue weighted by Gasteiger charge is 2.21. The van der Waals surface area contributed by atoms with Gasteiger partial charge in [-0.25, -0.2) is 0 Å². The molecule has 0 fully saturated rings. The van der Waals surface area contributed by atoms with Crippen LogP contribution in [0.5, 0.6) is 69.0 Å². The summed E-state index contributed by atoms with van der Waals surface area (Å²) in [5.41, 5.74) is 0. The highest BCUT2D eigenvalue weighted by Crippen LogP contribution is 2.49. The van der Waals surface area contributed by atoms with E-state index < -0.39 is 0 Å². The Morgan fingerprint density at radius 3 is 0.484 bits per heavy atom. The van der Waals surface area contributed by atoms with Crippen LogP contribution in [-0.4, -0.2) is 84.3 Å². The molecule has 0 aliphatic heterocycles. The smallest absolute Gasteiger partial charge is 0.161 e. The highest BCUT2D eigenvalue weighted by atomic mass is 16.5. The maximum atomic E-state index is 6.45. The second-order valence-electron chi connectivity index (χ2n) is 14.5. The molecule has 0 radical (unpaired) electrons. The lowest BCUT2D eigenvalue weighted by Crippen LogP contribution is -2.04. The lowest BCUT2D eigenvalue weighted by atomic mass is 9.93. The fourth-order valence-electron chi connectivity index (χ4n) is 8.42. The predicted molar refractivity (Wildman–Crippen MR) is 244 cm³/mol. The van der Waals surface area contributed by atoms with Crippen LogP contribution in [0.3, 0.4) is 0 Å². The Morgan fingerprint density at radius 2 is 0.339 bits per heavy atom. The Bertz CT molecular complexity index is 2710. The molecular weight excluding hydrogens is 793 g/mol. The van der Waals surface area contributed by atoms with E-state index in [-0.39, 0.29) is 0 Å². The molecule has 0 atom stereocenters. The molecule has 0 amide bonds. The van der Waals surface area contributed by atoms with Crippen molar-refractivity contribution >= 4 is 64.6 Å². The zero-order valence-electron chi connectivity index (χ0n) is 36.7. The van der Waals surface area contributed by atoms with Gasteiger partial charge in [0.1, 0.15) is 0 Å². The molecule has 0 aromatic heterocycles. The molecule has 12 heteroatoms. The average Bonchev–Trinajstić information content (AvgIpc) is 3.32. The minimum absolute atomic E-state index is 0.428. The first-order valence-electron chi connectivity index (χ1n) is 20.0. The molecule has 0 N–H and O–H groups in total. The molecule has 12 nitrogen and oxygen atoms in total. The molecule has 0 spiro atoms. The molecular formula is C50H50O12. The highest BCUT2D eigenvalue weighted by molar-refractivity contribution is 6.28. The maximum absolute atomic E-state index is 6.45. The SMILES string of the molecule is COc1cc2c3cc(OC)c(OC)cc3c3cc(OCCCCOc4cc5c6cc(OC)c(OC)cc6c6cc(OC)c(OC)cc6c5cc4OC)c(OC)cc3c2cc1OC. The summed E-state index contributed by atoms with van der Waals surface area (Å²) >= 11 is 0. The molecule has 8 rings (SSSR count). The van der Waals surface area contributed by atoms with Gasteiger partial charge < -0.3 is 56.8 Å². The second kappa shape index (κ2) is 17.5. The van der Waals surface area contributed by atoms with Gasteiger partial charge in [0.25, 0.3) is 0 Å². The Balaban J connectivity index is 1.09. The normalized spacial score (nSPS) is 11.3. The molecule has 8 aromatic rings. The van der Waals surface area contributed by atoms with Crippen molar-refractivity contribution in [3.63, 3.8) is 0 Å². The van der Waals surface area contributed by atoms with Gasteiger partial charge in [0, 0.05) is 0 Å². The molecule has 0 saturated heterocycles. The summed E-state index contributed by atoms with van der Waals surface area (Å²) in [5, 5.41) is 11.5. The minimum Gasteiger partial charge on any atom is -0.493 e. The van der Waals surface area contributed by atoms with Crippen LogP contribution in [-0.2, 0) is 0 Å². The zero-order chi connectivity index (χ0) is 43.7. The molecule has 8 aromatic carbocycles. The first kappa shape index (κ1) is 41.6. The molecule has 62 heavy (non-hydrogen) atoms. The monoisotopic (exact) mass is 842 g/mol. The molecule has 0 aliphatic carbocycles. The standard InChI is InChI=1S/C50H50O12/c1-51-39-15-27-29-17-41(53-3)45(57-7)21-33(29)37-25-49(47(59-9)23-35(37)31(27)19-43(39)55-5)61-13-11-12-14-62-50-26-38-34-22-46(58-8)42(54-4)18-30(34)28-16-40(52-2)44(56-6)20-32(28)36(38)24-48(50)60-10/h15-26H,11-14H2,1-10H3. The van der Waals surface area contributed by atoms with Crippen molar-refractivity contribution in [1.29, 1.82) is 0 Å². The lowest BCUT2D eigenvalue weighted by Gasteiger charge is -2.19. The van der Waals surface area contributed by atoms with Crippen LogP contribution in [0.4, 0.5) is 0 Å². The van der Waals surface area contributed by atoms with Gasteiger partial charge in [0.05, 0.1) is 84.3 Å². The van der Waals surface area contributed by atoms with Crippen LogP contribution in [0.15, 0.2) is 72.8 Å². The maximum Gasteiger partial charge on any atom is 0.161 e. The summed E-state index contributed by atoms with van der Waals surface area (Å²) in [6, 6.07) is 24.0. The van der Waals surface area contributed by atoms with Crippen LogP contribution in [0.25, 0.3) is 64.6 Å². The van der Waals surface area contributed by atoms with Crippen molar-refractivity contribution in [1.82, 2.24) is 0 Å². The lowest BCUT2D eigenvalue weighted by molar-refractivity contribution is 0.253. The van der Waals surface area contributed by atoms with Gasteiger partial charge in [-0.3, -0.25) is 0 Å². The third-order valence-electron chi connectivity index (χ3n) is 11.5. The second-order valence-corrected chi connectivity index (χ2v) is 14.5. The zero-order valence-corrected chi connectivity index (χ0v) is 36.7. The van der Waals surface area contributed by atoms with E-state index in [9.17, 15) is 0 Å². The Labute approximate surface area is 359 Å². The first-order chi connectivity index (χ1) is 30.3. The van der Waals surface area contributed by atoms with Gasteiger partial charge in [-0.05, 0) is 150 Å². The van der Waals surface area contributed by atoms with Crippen molar-refractivity contribution in [3.05, 3.63) is 72.8 Å². The summed E-state index contributed by atoms with van der Waals surface area (Å²) in [6.07, 6.45) is 1.42. The van der Waals surface area contributed by atoms with Gasteiger partial charge in [0.2, 0.25) is 0 Å². The quantitative estimate of drug-likeness (QED) is 0.0643. The molecule has 0 saturated carbocycles. The number of rotatable bonds is 17. The van der Waals surface area contributed by atoms with Crippen molar-refractivity contribution in [2.24, 2.45) is 0 Å². The third kappa shape index (κ3) is 7.08. The third-order valence-corrected chi connectivity index (χ3v) is 11.5. The van der Waals surface area contributed by atoms with Crippen LogP contribution in [0.1, 0.15) is 12.8 Å². The van der Waals surface area contributed by atoms with E-state index in [1.54, 1.807) is 71.1 Å². The van der Waals surface area contributed by atoms with Crippen LogP contribution < -0.4 is 56.8 Å². The van der Waals surface area contributed by atoms with Crippen LogP contribution in [0.2, 0.25) is 0 Å². The Hall–Kier alpha value is -7.08. The van der Waals surface area contributed by atoms with Crippen molar-refractivity contribution < 1.29 is 56.8 Å².